The molecular weight excluding hydrogens is 384 g/mol. The van der Waals surface area contributed by atoms with Crippen molar-refractivity contribution in [3.63, 3.8) is 0 Å². The normalized spacial score (nSPS) is 29.0. The van der Waals surface area contributed by atoms with E-state index in [1.807, 2.05) is 0 Å². The van der Waals surface area contributed by atoms with E-state index in [1.165, 1.54) is 28.8 Å². The summed E-state index contributed by atoms with van der Waals surface area (Å²) >= 11 is 0. The number of ether oxygens (including phenoxy) is 2. The van der Waals surface area contributed by atoms with Crippen molar-refractivity contribution in [1.82, 2.24) is 9.78 Å². The van der Waals surface area contributed by atoms with E-state index in [0.717, 1.165) is 38.2 Å². The monoisotopic (exact) mass is 414 g/mol. The Hall–Kier alpha value is -2.43. The molecule has 1 spiro atoms. The van der Waals surface area contributed by atoms with Crippen LogP contribution in [0.15, 0.2) is 60.8 Å². The van der Waals surface area contributed by atoms with Crippen molar-refractivity contribution in [2.24, 2.45) is 11.8 Å². The van der Waals surface area contributed by atoms with Crippen molar-refractivity contribution in [3.05, 3.63) is 72.1 Å². The Morgan fingerprint density at radius 3 is 2.39 bits per heavy atom. The summed E-state index contributed by atoms with van der Waals surface area (Å²) in [7, 11) is 0. The molecule has 2 fully saturated rings. The van der Waals surface area contributed by atoms with Gasteiger partial charge in [0.25, 0.3) is 0 Å². The maximum Gasteiger partial charge on any atom is 0.171 e. The van der Waals surface area contributed by atoms with Crippen LogP contribution in [-0.2, 0) is 21.3 Å². The minimum Gasteiger partial charge on any atom is -0.347 e. The van der Waals surface area contributed by atoms with Crippen molar-refractivity contribution in [2.75, 3.05) is 13.2 Å². The van der Waals surface area contributed by atoms with Gasteiger partial charge in [0, 0.05) is 17.8 Å². The molecule has 3 aliphatic rings. The summed E-state index contributed by atoms with van der Waals surface area (Å²) < 4.78 is 14.6. The average molecular weight is 415 g/mol. The molecule has 0 N–H and O–H groups in total. The van der Waals surface area contributed by atoms with E-state index in [0.29, 0.717) is 11.8 Å². The number of rotatable bonds is 2. The van der Waals surface area contributed by atoms with Crippen LogP contribution in [0.2, 0.25) is 0 Å². The summed E-state index contributed by atoms with van der Waals surface area (Å²) in [6, 6.07) is 19.4. The lowest BCUT2D eigenvalue weighted by molar-refractivity contribution is -0.234. The highest BCUT2D eigenvalue weighted by atomic mass is 16.7. The molecule has 3 aromatic rings. The second-order valence-corrected chi connectivity index (χ2v) is 9.70. The summed E-state index contributed by atoms with van der Waals surface area (Å²) in [5.74, 6) is 0.542. The quantitative estimate of drug-likeness (QED) is 0.553. The summed E-state index contributed by atoms with van der Waals surface area (Å²) in [4.78, 5) is 0. The number of hydrogen-bond donors (Lipinski definition) is 0. The molecule has 1 aliphatic heterocycles. The molecule has 0 bridgehead atoms. The van der Waals surface area contributed by atoms with Crippen molar-refractivity contribution in [3.8, 4) is 16.8 Å². The highest BCUT2D eigenvalue weighted by Crippen LogP contribution is 2.57. The van der Waals surface area contributed by atoms with Gasteiger partial charge in [-0.15, -0.1) is 0 Å². The summed E-state index contributed by atoms with van der Waals surface area (Å²) in [5.41, 5.74) is 6.51. The predicted molar refractivity (Wildman–Crippen MR) is 121 cm³/mol. The first-order chi connectivity index (χ1) is 15.1. The molecule has 160 valence electrons. The first-order valence-corrected chi connectivity index (χ1v) is 11.6. The van der Waals surface area contributed by atoms with Crippen molar-refractivity contribution < 1.29 is 9.47 Å². The number of fused-ring (bicyclic) bond motifs is 3. The fraction of sp³-hybridized carbons (Fsp3) is 0.444. The van der Waals surface area contributed by atoms with Crippen LogP contribution in [0.3, 0.4) is 0 Å². The van der Waals surface area contributed by atoms with Gasteiger partial charge in [-0.25, -0.2) is 4.68 Å². The first kappa shape index (κ1) is 19.3. The maximum absolute atomic E-state index is 6.18. The van der Waals surface area contributed by atoms with Crippen LogP contribution in [0.4, 0.5) is 0 Å². The third-order valence-corrected chi connectivity index (χ3v) is 8.21. The molecule has 1 saturated heterocycles. The van der Waals surface area contributed by atoms with Crippen molar-refractivity contribution in [1.29, 1.82) is 0 Å². The molecule has 2 aliphatic carbocycles. The topological polar surface area (TPSA) is 36.3 Å². The molecule has 0 amide bonds. The van der Waals surface area contributed by atoms with Crippen LogP contribution in [-0.4, -0.2) is 28.8 Å². The van der Waals surface area contributed by atoms with E-state index in [1.54, 1.807) is 0 Å². The van der Waals surface area contributed by atoms with Gasteiger partial charge in [0.05, 0.1) is 30.8 Å². The standard InChI is InChI=1S/C27H30N2O2/c1-19-24-13-10-22-18-28-29(23-11-8-21(9-12-23)20-6-4-3-5-7-20)25(22)26(24,2)14-15-27(19)30-16-17-31-27/h3-9,11-12,18-19,24H,10,13-17H2,1-2H3/t19-,24-,26-/m1/s1. The van der Waals surface area contributed by atoms with Gasteiger partial charge < -0.3 is 9.47 Å². The number of nitrogens with zero attached hydrogens (tertiary/aromatic N) is 2. The van der Waals surface area contributed by atoms with E-state index in [-0.39, 0.29) is 11.2 Å². The zero-order valence-electron chi connectivity index (χ0n) is 18.4. The molecule has 31 heavy (non-hydrogen) atoms. The largest absolute Gasteiger partial charge is 0.347 e. The van der Waals surface area contributed by atoms with Crippen LogP contribution in [0.5, 0.6) is 0 Å². The third-order valence-electron chi connectivity index (χ3n) is 8.21. The third kappa shape index (κ3) is 2.85. The van der Waals surface area contributed by atoms with Gasteiger partial charge in [-0.3, -0.25) is 0 Å². The van der Waals surface area contributed by atoms with Gasteiger partial charge in [-0.1, -0.05) is 56.3 Å². The Kier molecular flexibility index (Phi) is 4.38. The lowest BCUT2D eigenvalue weighted by atomic mass is 9.55. The minimum absolute atomic E-state index is 0.0855. The van der Waals surface area contributed by atoms with Crippen LogP contribution in [0, 0.1) is 11.8 Å². The van der Waals surface area contributed by atoms with Crippen LogP contribution >= 0.6 is 0 Å². The molecule has 3 atom stereocenters. The second-order valence-electron chi connectivity index (χ2n) is 9.70. The molecule has 6 rings (SSSR count). The Balaban J connectivity index is 1.37. The number of hydrogen-bond acceptors (Lipinski definition) is 3. The van der Waals surface area contributed by atoms with Crippen molar-refractivity contribution in [2.45, 2.75) is 50.7 Å². The summed E-state index contributed by atoms with van der Waals surface area (Å²) in [6.07, 6.45) is 6.39. The molecule has 4 nitrogen and oxygen atoms in total. The predicted octanol–water partition coefficient (Wildman–Crippen LogP) is 5.53. The highest BCUT2D eigenvalue weighted by molar-refractivity contribution is 5.64. The molecule has 2 aromatic carbocycles. The second kappa shape index (κ2) is 7.04. The summed E-state index contributed by atoms with van der Waals surface area (Å²) in [6.45, 7) is 6.24. The van der Waals surface area contributed by atoms with Crippen molar-refractivity contribution >= 4 is 0 Å². The average Bonchev–Trinajstić information content (AvgIpc) is 3.47. The van der Waals surface area contributed by atoms with Crippen LogP contribution in [0.1, 0.15) is 44.4 Å². The first-order valence-electron chi connectivity index (χ1n) is 11.6. The number of aryl methyl sites for hydroxylation is 1. The molecule has 0 unspecified atom stereocenters. The maximum atomic E-state index is 6.18. The molecular formula is C27H30N2O2. The minimum atomic E-state index is -0.371. The Bertz CT molecular complexity index is 1080. The number of benzene rings is 2. The smallest absolute Gasteiger partial charge is 0.171 e. The molecule has 1 aromatic heterocycles. The van der Waals surface area contributed by atoms with Crippen LogP contribution in [0.25, 0.3) is 16.8 Å². The lowest BCUT2D eigenvalue weighted by Gasteiger charge is -2.54. The van der Waals surface area contributed by atoms with E-state index in [4.69, 9.17) is 14.6 Å². The van der Waals surface area contributed by atoms with E-state index in [9.17, 15) is 0 Å². The molecule has 2 heterocycles. The van der Waals surface area contributed by atoms with Gasteiger partial charge in [-0.05, 0) is 54.0 Å². The highest BCUT2D eigenvalue weighted by Gasteiger charge is 2.58. The molecule has 1 saturated carbocycles. The Labute approximate surface area is 184 Å². The lowest BCUT2D eigenvalue weighted by Crippen LogP contribution is -2.55. The zero-order valence-corrected chi connectivity index (χ0v) is 18.4. The zero-order chi connectivity index (χ0) is 21.1. The van der Waals surface area contributed by atoms with E-state index < -0.39 is 0 Å². The fourth-order valence-corrected chi connectivity index (χ4v) is 6.55. The molecule has 4 heteroatoms. The van der Waals surface area contributed by atoms with Gasteiger partial charge in [0.1, 0.15) is 0 Å². The SMILES string of the molecule is C[C@@H]1[C@H]2CCc3cnn(-c4ccc(-c5ccccc5)cc4)c3[C@]2(C)CCC12OCCO2. The van der Waals surface area contributed by atoms with E-state index >= 15 is 0 Å². The van der Waals surface area contributed by atoms with E-state index in [2.05, 4.69) is 79.3 Å². The van der Waals surface area contributed by atoms with Gasteiger partial charge >= 0.3 is 0 Å². The van der Waals surface area contributed by atoms with Crippen LogP contribution < -0.4 is 0 Å². The Morgan fingerprint density at radius 2 is 1.65 bits per heavy atom. The summed E-state index contributed by atoms with van der Waals surface area (Å²) in [5, 5.41) is 4.87. The van der Waals surface area contributed by atoms with Gasteiger partial charge in [-0.2, -0.15) is 5.10 Å². The van der Waals surface area contributed by atoms with Gasteiger partial charge in [0.15, 0.2) is 5.79 Å². The number of aromatic nitrogens is 2. The Morgan fingerprint density at radius 1 is 0.935 bits per heavy atom. The molecule has 0 radical (unpaired) electrons. The van der Waals surface area contributed by atoms with Gasteiger partial charge in [0.2, 0.25) is 0 Å². The fourth-order valence-electron chi connectivity index (χ4n) is 6.55.